The first-order valence-electron chi connectivity index (χ1n) is 2.68. The van der Waals surface area contributed by atoms with Gasteiger partial charge in [0.1, 0.15) is 0 Å². The van der Waals surface area contributed by atoms with Crippen LogP contribution in [0.2, 0.25) is 0 Å². The van der Waals surface area contributed by atoms with Gasteiger partial charge in [0.25, 0.3) is 0 Å². The van der Waals surface area contributed by atoms with Gasteiger partial charge in [-0.05, 0) is 6.26 Å². The van der Waals surface area contributed by atoms with E-state index in [1.807, 2.05) is 0 Å². The van der Waals surface area contributed by atoms with Crippen LogP contribution >= 0.6 is 11.8 Å². The zero-order valence-corrected chi connectivity index (χ0v) is 6.97. The van der Waals surface area contributed by atoms with Crippen LogP contribution in [0, 0.1) is 0 Å². The lowest BCUT2D eigenvalue weighted by atomic mass is 10.5. The summed E-state index contributed by atoms with van der Waals surface area (Å²) in [4.78, 5) is 20.8. The summed E-state index contributed by atoms with van der Waals surface area (Å²) in [6.07, 6.45) is 2.51. The molecule has 0 bridgehead atoms. The number of hydrogen-bond acceptors (Lipinski definition) is 4. The number of rotatable bonds is 3. The maximum Gasteiger partial charge on any atom is 0.342 e. The van der Waals surface area contributed by atoms with Crippen molar-refractivity contribution in [3.63, 3.8) is 0 Å². The van der Waals surface area contributed by atoms with E-state index in [1.54, 1.807) is 6.26 Å². The molecule has 62 valence electrons. The Balaban J connectivity index is 4.35. The van der Waals surface area contributed by atoms with E-state index < -0.39 is 11.9 Å². The Bertz CT molecular complexity index is 197. The molecule has 1 N–H and O–H groups in total. The maximum atomic E-state index is 10.5. The summed E-state index contributed by atoms with van der Waals surface area (Å²) >= 11 is 0.982. The van der Waals surface area contributed by atoms with Crippen molar-refractivity contribution >= 4 is 23.7 Å². The summed E-state index contributed by atoms with van der Waals surface area (Å²) < 4.78 is 4.24. The van der Waals surface area contributed by atoms with Gasteiger partial charge in [0, 0.05) is 6.08 Å². The molecule has 0 aliphatic carbocycles. The molecule has 0 aliphatic heterocycles. The number of thioether (sulfide) groups is 1. The fourth-order valence-corrected chi connectivity index (χ4v) is 0.763. The summed E-state index contributed by atoms with van der Waals surface area (Å²) in [5.74, 6) is -1.78. The lowest BCUT2D eigenvalue weighted by molar-refractivity contribution is -0.136. The van der Waals surface area contributed by atoms with Gasteiger partial charge in [-0.15, -0.1) is 11.8 Å². The minimum atomic E-state index is -1.12. The SMILES string of the molecule is COC(=O)/C=C(/SC)C(=O)O. The van der Waals surface area contributed by atoms with Crippen LogP contribution in [0.25, 0.3) is 0 Å². The first-order chi connectivity index (χ1) is 5.11. The second-order valence-electron chi connectivity index (χ2n) is 1.54. The van der Waals surface area contributed by atoms with Gasteiger partial charge in [0.2, 0.25) is 0 Å². The molecule has 0 aromatic carbocycles. The van der Waals surface area contributed by atoms with Crippen molar-refractivity contribution < 1.29 is 19.4 Å². The van der Waals surface area contributed by atoms with Crippen LogP contribution < -0.4 is 0 Å². The number of carbonyl (C=O) groups excluding carboxylic acids is 1. The summed E-state index contributed by atoms with van der Waals surface area (Å²) in [6, 6.07) is 0. The van der Waals surface area contributed by atoms with E-state index in [0.717, 1.165) is 17.8 Å². The molecule has 0 amide bonds. The molecular formula is C6H8O4S. The number of carbonyl (C=O) groups is 2. The third-order valence-electron chi connectivity index (χ3n) is 0.881. The zero-order valence-electron chi connectivity index (χ0n) is 6.16. The largest absolute Gasteiger partial charge is 0.477 e. The monoisotopic (exact) mass is 176 g/mol. The minimum Gasteiger partial charge on any atom is -0.477 e. The van der Waals surface area contributed by atoms with Crippen molar-refractivity contribution in [2.75, 3.05) is 13.4 Å². The van der Waals surface area contributed by atoms with E-state index in [4.69, 9.17) is 5.11 Å². The summed E-state index contributed by atoms with van der Waals surface area (Å²) in [6.45, 7) is 0. The molecule has 0 aromatic heterocycles. The van der Waals surface area contributed by atoms with Gasteiger partial charge in [-0.1, -0.05) is 0 Å². The molecule has 0 saturated carbocycles. The predicted molar refractivity (Wildman–Crippen MR) is 41.2 cm³/mol. The van der Waals surface area contributed by atoms with Crippen LogP contribution in [0.4, 0.5) is 0 Å². The molecule has 0 aliphatic rings. The highest BCUT2D eigenvalue weighted by Crippen LogP contribution is 2.10. The number of carboxylic acid groups (broad SMARTS) is 1. The molecular weight excluding hydrogens is 168 g/mol. The standard InChI is InChI=1S/C6H8O4S/c1-10-5(7)3-4(11-2)6(8)9/h3H,1-2H3,(H,8,9)/b4-3+. The molecule has 4 nitrogen and oxygen atoms in total. The minimum absolute atomic E-state index is 0.0307. The molecule has 0 aromatic rings. The molecule has 5 heteroatoms. The Kier molecular flexibility index (Phi) is 4.36. The Hall–Kier alpha value is -0.970. The zero-order chi connectivity index (χ0) is 8.85. The topological polar surface area (TPSA) is 63.6 Å². The van der Waals surface area contributed by atoms with E-state index in [0.29, 0.717) is 0 Å². The van der Waals surface area contributed by atoms with Crippen LogP contribution in [0.3, 0.4) is 0 Å². The van der Waals surface area contributed by atoms with Crippen molar-refractivity contribution in [2.24, 2.45) is 0 Å². The third-order valence-corrected chi connectivity index (χ3v) is 1.61. The highest BCUT2D eigenvalue weighted by molar-refractivity contribution is 8.03. The van der Waals surface area contributed by atoms with Gasteiger partial charge < -0.3 is 9.84 Å². The van der Waals surface area contributed by atoms with Gasteiger partial charge in [-0.3, -0.25) is 0 Å². The fourth-order valence-electron chi connectivity index (χ4n) is 0.374. The van der Waals surface area contributed by atoms with E-state index in [9.17, 15) is 9.59 Å². The van der Waals surface area contributed by atoms with Gasteiger partial charge in [0.15, 0.2) is 0 Å². The number of hydrogen-bond donors (Lipinski definition) is 1. The smallest absolute Gasteiger partial charge is 0.342 e. The van der Waals surface area contributed by atoms with E-state index in [1.165, 1.54) is 7.11 Å². The van der Waals surface area contributed by atoms with Crippen LogP contribution in [0.1, 0.15) is 0 Å². The van der Waals surface area contributed by atoms with E-state index in [-0.39, 0.29) is 4.91 Å². The Morgan fingerprint density at radius 1 is 1.55 bits per heavy atom. The fraction of sp³-hybridized carbons (Fsp3) is 0.333. The van der Waals surface area contributed by atoms with Crippen molar-refractivity contribution in [1.82, 2.24) is 0 Å². The summed E-state index contributed by atoms with van der Waals surface area (Å²) in [5, 5.41) is 8.42. The first kappa shape index (κ1) is 10.0. The van der Waals surface area contributed by atoms with Gasteiger partial charge in [-0.2, -0.15) is 0 Å². The number of methoxy groups -OCH3 is 1. The average Bonchev–Trinajstić information content (AvgIpc) is 1.99. The number of ether oxygens (including phenoxy) is 1. The highest BCUT2D eigenvalue weighted by atomic mass is 32.2. The molecule has 11 heavy (non-hydrogen) atoms. The van der Waals surface area contributed by atoms with E-state index >= 15 is 0 Å². The van der Waals surface area contributed by atoms with Crippen LogP contribution in [0.15, 0.2) is 11.0 Å². The number of esters is 1. The van der Waals surface area contributed by atoms with Crippen molar-refractivity contribution in [1.29, 1.82) is 0 Å². The number of aliphatic carboxylic acids is 1. The van der Waals surface area contributed by atoms with Gasteiger partial charge in [0.05, 0.1) is 12.0 Å². The second kappa shape index (κ2) is 4.79. The normalized spacial score (nSPS) is 10.9. The van der Waals surface area contributed by atoms with E-state index in [2.05, 4.69) is 4.74 Å². The van der Waals surface area contributed by atoms with Crippen molar-refractivity contribution in [3.8, 4) is 0 Å². The van der Waals surface area contributed by atoms with Crippen LogP contribution in [-0.2, 0) is 14.3 Å². The van der Waals surface area contributed by atoms with Crippen LogP contribution in [-0.4, -0.2) is 30.4 Å². The molecule has 0 atom stereocenters. The van der Waals surface area contributed by atoms with Gasteiger partial charge in [-0.25, -0.2) is 9.59 Å². The number of carboxylic acids is 1. The molecule has 0 unspecified atom stereocenters. The lowest BCUT2D eigenvalue weighted by Gasteiger charge is -1.95. The van der Waals surface area contributed by atoms with Gasteiger partial charge >= 0.3 is 11.9 Å². The van der Waals surface area contributed by atoms with Crippen molar-refractivity contribution in [3.05, 3.63) is 11.0 Å². The summed E-state index contributed by atoms with van der Waals surface area (Å²) in [5.41, 5.74) is 0. The first-order valence-corrected chi connectivity index (χ1v) is 3.91. The Morgan fingerprint density at radius 2 is 2.09 bits per heavy atom. The highest BCUT2D eigenvalue weighted by Gasteiger charge is 2.07. The quantitative estimate of drug-likeness (QED) is 0.501. The maximum absolute atomic E-state index is 10.5. The van der Waals surface area contributed by atoms with Crippen molar-refractivity contribution in [2.45, 2.75) is 0 Å². The molecule has 0 fully saturated rings. The molecule has 0 rings (SSSR count). The second-order valence-corrected chi connectivity index (χ2v) is 2.39. The predicted octanol–water partition coefficient (Wildman–Crippen LogP) is 0.491. The molecule has 0 heterocycles. The molecule has 0 spiro atoms. The third kappa shape index (κ3) is 3.67. The Morgan fingerprint density at radius 3 is 2.36 bits per heavy atom. The van der Waals surface area contributed by atoms with Crippen LogP contribution in [0.5, 0.6) is 0 Å². The summed E-state index contributed by atoms with van der Waals surface area (Å²) in [7, 11) is 1.19. The molecule has 0 saturated heterocycles. The average molecular weight is 176 g/mol. The lowest BCUT2D eigenvalue weighted by Crippen LogP contribution is -2.02. The Labute approximate surface area is 68.2 Å². The molecule has 0 radical (unpaired) electrons.